The van der Waals surface area contributed by atoms with Crippen LogP contribution in [-0.2, 0) is 11.3 Å². The standard InChI is InChI=1S/C16H27N5OS.HI/c1-4-17-16(19-10-14(22)21-7-5-6-8-21)18-9-13-11-23-15(20-13)12(2)3;/h11-12H,4-10H2,1-3H3,(H2,17,18,19);1H. The first-order valence-corrected chi connectivity index (χ1v) is 9.22. The highest BCUT2D eigenvalue weighted by Crippen LogP contribution is 2.19. The normalized spacial score (nSPS) is 14.7. The van der Waals surface area contributed by atoms with Crippen LogP contribution >= 0.6 is 35.3 Å². The molecule has 1 aromatic rings. The molecule has 6 nitrogen and oxygen atoms in total. The fourth-order valence-electron chi connectivity index (χ4n) is 2.40. The molecule has 0 atom stereocenters. The number of amides is 1. The second kappa shape index (κ2) is 10.9. The number of aliphatic imine (C=N–C) groups is 1. The summed E-state index contributed by atoms with van der Waals surface area (Å²) in [4.78, 5) is 23.1. The largest absolute Gasteiger partial charge is 0.357 e. The number of carbonyl (C=O) groups is 1. The predicted octanol–water partition coefficient (Wildman–Crippen LogP) is 2.56. The van der Waals surface area contributed by atoms with Crippen LogP contribution in [0.5, 0.6) is 0 Å². The number of guanidine groups is 1. The first kappa shape index (κ1) is 21.1. The van der Waals surface area contributed by atoms with Crippen molar-refractivity contribution >= 4 is 47.2 Å². The summed E-state index contributed by atoms with van der Waals surface area (Å²) in [5.74, 6) is 1.25. The van der Waals surface area contributed by atoms with Gasteiger partial charge in [-0.1, -0.05) is 13.8 Å². The second-order valence-corrected chi connectivity index (χ2v) is 6.86. The van der Waals surface area contributed by atoms with Crippen LogP contribution in [-0.4, -0.2) is 47.9 Å². The molecule has 0 aliphatic carbocycles. The Morgan fingerprint density at radius 1 is 1.38 bits per heavy atom. The van der Waals surface area contributed by atoms with E-state index >= 15 is 0 Å². The Kier molecular flexibility index (Phi) is 9.57. The molecule has 0 spiro atoms. The van der Waals surface area contributed by atoms with Crippen molar-refractivity contribution in [2.45, 2.75) is 46.1 Å². The molecule has 0 unspecified atom stereocenters. The van der Waals surface area contributed by atoms with Gasteiger partial charge in [0.25, 0.3) is 0 Å². The Balaban J connectivity index is 0.00000288. The zero-order chi connectivity index (χ0) is 16.7. The topological polar surface area (TPSA) is 69.6 Å². The molecule has 8 heteroatoms. The third-order valence-electron chi connectivity index (χ3n) is 3.67. The third-order valence-corrected chi connectivity index (χ3v) is 4.87. The molecule has 0 saturated carbocycles. The lowest BCUT2D eigenvalue weighted by molar-refractivity contribution is -0.128. The Morgan fingerprint density at radius 3 is 2.67 bits per heavy atom. The first-order chi connectivity index (χ1) is 11.1. The van der Waals surface area contributed by atoms with Gasteiger partial charge in [0.1, 0.15) is 0 Å². The second-order valence-electron chi connectivity index (χ2n) is 5.97. The van der Waals surface area contributed by atoms with Gasteiger partial charge in [-0.3, -0.25) is 4.79 Å². The maximum absolute atomic E-state index is 12.1. The van der Waals surface area contributed by atoms with Crippen molar-refractivity contribution in [3.63, 3.8) is 0 Å². The van der Waals surface area contributed by atoms with Crippen molar-refractivity contribution in [3.05, 3.63) is 16.1 Å². The molecule has 136 valence electrons. The van der Waals surface area contributed by atoms with E-state index in [2.05, 4.69) is 39.8 Å². The number of likely N-dealkylation sites (tertiary alicyclic amines) is 1. The van der Waals surface area contributed by atoms with Gasteiger partial charge in [0.05, 0.1) is 23.8 Å². The van der Waals surface area contributed by atoms with Gasteiger partial charge < -0.3 is 15.5 Å². The number of aromatic nitrogens is 1. The summed E-state index contributed by atoms with van der Waals surface area (Å²) >= 11 is 1.68. The maximum atomic E-state index is 12.1. The van der Waals surface area contributed by atoms with Gasteiger partial charge in [-0.25, -0.2) is 9.98 Å². The summed E-state index contributed by atoms with van der Waals surface area (Å²) in [5.41, 5.74) is 0.974. The van der Waals surface area contributed by atoms with E-state index in [1.807, 2.05) is 11.8 Å². The van der Waals surface area contributed by atoms with Crippen molar-refractivity contribution in [2.75, 3.05) is 26.2 Å². The van der Waals surface area contributed by atoms with Crippen LogP contribution in [0, 0.1) is 0 Å². The lowest BCUT2D eigenvalue weighted by atomic mass is 10.2. The zero-order valence-corrected chi connectivity index (χ0v) is 17.8. The van der Waals surface area contributed by atoms with Crippen molar-refractivity contribution in [2.24, 2.45) is 4.99 Å². The molecular weight excluding hydrogens is 437 g/mol. The predicted molar refractivity (Wildman–Crippen MR) is 110 cm³/mol. The maximum Gasteiger partial charge on any atom is 0.241 e. The van der Waals surface area contributed by atoms with Crippen molar-refractivity contribution < 1.29 is 4.79 Å². The van der Waals surface area contributed by atoms with E-state index < -0.39 is 0 Å². The van der Waals surface area contributed by atoms with Gasteiger partial charge in [-0.05, 0) is 19.8 Å². The molecule has 2 N–H and O–H groups in total. The number of nitrogens with one attached hydrogen (secondary N) is 2. The summed E-state index contributed by atoms with van der Waals surface area (Å²) < 4.78 is 0. The van der Waals surface area contributed by atoms with Crippen molar-refractivity contribution in [1.29, 1.82) is 0 Å². The smallest absolute Gasteiger partial charge is 0.241 e. The van der Waals surface area contributed by atoms with Crippen molar-refractivity contribution in [3.8, 4) is 0 Å². The SMILES string of the molecule is CCNC(=NCc1csc(C(C)C)n1)NCC(=O)N1CCCC1.I. The molecule has 0 bridgehead atoms. The van der Waals surface area contributed by atoms with Gasteiger partial charge >= 0.3 is 0 Å². The minimum absolute atomic E-state index is 0. The fraction of sp³-hybridized carbons (Fsp3) is 0.688. The monoisotopic (exact) mass is 465 g/mol. The van der Waals surface area contributed by atoms with Crippen LogP contribution in [0.15, 0.2) is 10.4 Å². The van der Waals surface area contributed by atoms with Gasteiger partial charge in [0, 0.05) is 30.9 Å². The van der Waals surface area contributed by atoms with Gasteiger partial charge in [0.2, 0.25) is 5.91 Å². The van der Waals surface area contributed by atoms with Gasteiger partial charge in [0.15, 0.2) is 5.96 Å². The molecule has 1 amide bonds. The Morgan fingerprint density at radius 2 is 2.08 bits per heavy atom. The molecule has 2 heterocycles. The van der Waals surface area contributed by atoms with E-state index in [9.17, 15) is 4.79 Å². The van der Waals surface area contributed by atoms with Gasteiger partial charge in [-0.15, -0.1) is 35.3 Å². The number of hydrogen-bond acceptors (Lipinski definition) is 4. The lowest BCUT2D eigenvalue weighted by Gasteiger charge is -2.17. The molecule has 0 radical (unpaired) electrons. The highest BCUT2D eigenvalue weighted by Gasteiger charge is 2.17. The summed E-state index contributed by atoms with van der Waals surface area (Å²) in [7, 11) is 0. The van der Waals surface area contributed by atoms with Crippen LogP contribution < -0.4 is 10.6 Å². The fourth-order valence-corrected chi connectivity index (χ4v) is 3.23. The summed E-state index contributed by atoms with van der Waals surface area (Å²) in [5, 5.41) is 9.48. The average Bonchev–Trinajstić information content (AvgIpc) is 3.20. The van der Waals surface area contributed by atoms with E-state index in [0.717, 1.165) is 43.2 Å². The molecule has 1 aromatic heterocycles. The summed E-state index contributed by atoms with van der Waals surface area (Å²) in [6, 6.07) is 0. The number of halogens is 1. The van der Waals surface area contributed by atoms with Gasteiger partial charge in [-0.2, -0.15) is 0 Å². The Hall–Kier alpha value is -0.900. The van der Waals surface area contributed by atoms with Crippen LogP contribution in [0.1, 0.15) is 50.2 Å². The number of rotatable bonds is 6. The molecule has 1 saturated heterocycles. The minimum Gasteiger partial charge on any atom is -0.357 e. The van der Waals surface area contributed by atoms with Crippen molar-refractivity contribution in [1.82, 2.24) is 20.5 Å². The Labute approximate surface area is 165 Å². The number of carbonyl (C=O) groups excluding carboxylic acids is 1. The van der Waals surface area contributed by atoms with E-state index in [0.29, 0.717) is 25.0 Å². The third kappa shape index (κ3) is 6.54. The molecule has 1 aliphatic rings. The first-order valence-electron chi connectivity index (χ1n) is 8.34. The van der Waals surface area contributed by atoms with E-state index in [-0.39, 0.29) is 29.9 Å². The zero-order valence-electron chi connectivity index (χ0n) is 14.7. The van der Waals surface area contributed by atoms with Crippen LogP contribution in [0.3, 0.4) is 0 Å². The molecule has 1 fully saturated rings. The quantitative estimate of drug-likeness (QED) is 0.385. The Bertz CT molecular complexity index is 540. The molecular formula is C16H28IN5OS. The van der Waals surface area contributed by atoms with Crippen LogP contribution in [0.2, 0.25) is 0 Å². The highest BCUT2D eigenvalue weighted by molar-refractivity contribution is 14.0. The highest BCUT2D eigenvalue weighted by atomic mass is 127. The number of nitrogens with zero attached hydrogens (tertiary/aromatic N) is 3. The molecule has 1 aliphatic heterocycles. The van der Waals surface area contributed by atoms with E-state index in [1.54, 1.807) is 11.3 Å². The van der Waals surface area contributed by atoms with E-state index in [4.69, 9.17) is 0 Å². The summed E-state index contributed by atoms with van der Waals surface area (Å²) in [6.45, 7) is 9.63. The molecule has 24 heavy (non-hydrogen) atoms. The van der Waals surface area contributed by atoms with E-state index in [1.165, 1.54) is 0 Å². The minimum atomic E-state index is 0. The number of thiazole rings is 1. The molecule has 0 aromatic carbocycles. The molecule has 2 rings (SSSR count). The van der Waals surface area contributed by atoms with Crippen LogP contribution in [0.25, 0.3) is 0 Å². The average molecular weight is 465 g/mol. The number of hydrogen-bond donors (Lipinski definition) is 2. The lowest BCUT2D eigenvalue weighted by Crippen LogP contribution is -2.44. The summed E-state index contributed by atoms with van der Waals surface area (Å²) in [6.07, 6.45) is 2.23. The van der Waals surface area contributed by atoms with Crippen LogP contribution in [0.4, 0.5) is 0 Å².